The van der Waals surface area contributed by atoms with Crippen molar-refractivity contribution in [3.05, 3.63) is 319 Å². The van der Waals surface area contributed by atoms with Gasteiger partial charge in [-0.15, -0.1) is 0 Å². The molecule has 0 bridgehead atoms. The number of rotatable bonds is 12. The molecule has 0 aromatic heterocycles. The third kappa shape index (κ3) is 50.7. The summed E-state index contributed by atoms with van der Waals surface area (Å²) in [4.78, 5) is 0. The van der Waals surface area contributed by atoms with Gasteiger partial charge in [0.1, 0.15) is 34.5 Å². The summed E-state index contributed by atoms with van der Waals surface area (Å²) in [5.41, 5.74) is 4.55. The minimum absolute atomic E-state index is 0.0252. The molecule has 0 heterocycles. The Labute approximate surface area is 958 Å². The summed E-state index contributed by atoms with van der Waals surface area (Å²) in [5.74, 6) is 0.383. The van der Waals surface area contributed by atoms with Gasteiger partial charge in [0.05, 0.1) is 33.4 Å². The van der Waals surface area contributed by atoms with Crippen LogP contribution in [0.5, 0.6) is 34.5 Å². The summed E-state index contributed by atoms with van der Waals surface area (Å²) >= 11 is -3.33. The van der Waals surface area contributed by atoms with Crippen molar-refractivity contribution >= 4 is 227 Å². The van der Waals surface area contributed by atoms with Gasteiger partial charge in [-0.05, 0) is 239 Å². The normalized spacial score (nSPS) is 11.7. The van der Waals surface area contributed by atoms with Crippen molar-refractivity contribution in [2.45, 2.75) is 178 Å². The number of aromatic hydroxyl groups is 6. The first-order valence-corrected chi connectivity index (χ1v) is 73.9. The Morgan fingerprint density at radius 1 is 0.197 bits per heavy atom. The standard InChI is InChI=1S/C21H26F3OP.C18H20F3OP.C16H16F3OP.2C15H14F3OP.C14H12F3OP.12ClH.6Ti/c1-19(2,3)13-11-15(20(4,5)6)18(25)17(12-13)26-16-10-8-7-9-14(16)21(22,23)24;1-11-9-12(17(2,3)4)10-15(16(11)22)23-14-8-6-5-7-13(14)18(19,20)21;1-9-7-11(3)14(20)13(8-9)21-15-10(2)5-4-6-12(15)16(17,18)19;1-9-5-4-8-12(13(9)19)20-14-10(2)6-3-7-11(14)15(16,17)18;1-9-6-7-12(19)13(8-9)20-14-10(2)4-3-5-11(14)15(16,17)18;1-9-5-4-6-10(14(15,16)17)13(9)19-12-8-3-2-7-11(12)18;;;;;;;;;;;;;;;;;;/h7-12,25-26H,1-6H3;5-10,22-23H,1-4H3;4-8,20-21H,1-3H3;2*3-8,19-20H,1-2H3;2-8,18-19H,1H3;12*1H;;;;;;/q;;;;;;;;;;;;;;;;;;6*+2/p-12. The van der Waals surface area contributed by atoms with Crippen molar-refractivity contribution in [3.8, 4) is 34.5 Å². The van der Waals surface area contributed by atoms with E-state index >= 15 is 0 Å². The molecular weight excluding hydrogens is 2530 g/mol. The van der Waals surface area contributed by atoms with Gasteiger partial charge < -0.3 is 30.6 Å². The van der Waals surface area contributed by atoms with Gasteiger partial charge in [0.25, 0.3) is 0 Å². The molecular formula is C99H102Cl12F18O6P6Ti6. The summed E-state index contributed by atoms with van der Waals surface area (Å²) in [5, 5.41) is 65.2. The molecule has 6 atom stereocenters. The topological polar surface area (TPSA) is 121 Å². The van der Waals surface area contributed by atoms with Crippen molar-refractivity contribution < 1.29 is 212 Å². The predicted octanol–water partition coefficient (Wildman–Crippen LogP) is 33.2. The van der Waals surface area contributed by atoms with E-state index in [0.717, 1.165) is 64.2 Å². The van der Waals surface area contributed by atoms with E-state index in [1.54, 1.807) is 139 Å². The molecule has 0 spiro atoms. The Kier molecular flexibility index (Phi) is 66.9. The average molecular weight is 2630 g/mol. The molecule has 0 radical (unpaired) electrons. The van der Waals surface area contributed by atoms with Gasteiger partial charge in [0.2, 0.25) is 0 Å². The Balaban J connectivity index is 0.000000854. The number of para-hydroxylation sites is 2. The van der Waals surface area contributed by atoms with Crippen LogP contribution in [0, 0.1) is 62.3 Å². The van der Waals surface area contributed by atoms with E-state index in [1.807, 2.05) is 85.7 Å². The second-order valence-corrected chi connectivity index (χ2v) is 57.4. The van der Waals surface area contributed by atoms with E-state index in [4.69, 9.17) is 112 Å². The fourth-order valence-corrected chi connectivity index (χ4v) is 21.3. The zero-order valence-electron chi connectivity index (χ0n) is 81.3. The molecule has 0 saturated heterocycles. The number of hydrogen-bond acceptors (Lipinski definition) is 6. The van der Waals surface area contributed by atoms with E-state index < -0.39 is 173 Å². The van der Waals surface area contributed by atoms with E-state index in [1.165, 1.54) is 60.7 Å². The van der Waals surface area contributed by atoms with E-state index in [9.17, 15) is 110 Å². The van der Waals surface area contributed by atoms with Gasteiger partial charge in [-0.25, -0.2) is 0 Å². The number of halogens is 30. The minimum atomic E-state index is -4.41. The third-order valence-corrected chi connectivity index (χ3v) is 29.1. The van der Waals surface area contributed by atoms with E-state index in [2.05, 4.69) is 20.8 Å². The van der Waals surface area contributed by atoms with Crippen LogP contribution in [-0.2, 0) is 155 Å². The van der Waals surface area contributed by atoms with E-state index in [0.29, 0.717) is 70.8 Å². The molecule has 12 rings (SSSR count). The van der Waals surface area contributed by atoms with Crippen molar-refractivity contribution in [3.63, 3.8) is 0 Å². The summed E-state index contributed by atoms with van der Waals surface area (Å²) in [7, 11) is 57.2. The van der Waals surface area contributed by atoms with Crippen LogP contribution in [-0.4, -0.2) is 30.6 Å². The summed E-state index contributed by atoms with van der Waals surface area (Å²) in [6.45, 7) is 33.8. The molecule has 0 aliphatic rings. The quantitative estimate of drug-likeness (QED) is 0.0412. The molecule has 12 aromatic rings. The molecule has 0 fully saturated rings. The van der Waals surface area contributed by atoms with Gasteiger partial charge in [-0.1, -0.05) is 265 Å². The second-order valence-electron chi connectivity index (χ2n) is 34.1. The predicted molar refractivity (Wildman–Crippen MR) is 572 cm³/mol. The molecule has 0 aliphatic heterocycles. The number of phenols is 6. The number of alkyl halides is 18. The summed E-state index contributed by atoms with van der Waals surface area (Å²) in [6.07, 6.45) is -26.3. The van der Waals surface area contributed by atoms with Gasteiger partial charge in [0.15, 0.2) is 0 Å². The van der Waals surface area contributed by atoms with Crippen LogP contribution in [0.4, 0.5) is 79.0 Å². The Bertz CT molecular complexity index is 6030. The monoisotopic (exact) mass is 2620 g/mol. The Morgan fingerprint density at radius 3 is 0.776 bits per heavy atom. The van der Waals surface area contributed by atoms with Crippen molar-refractivity contribution in [1.82, 2.24) is 0 Å². The first kappa shape index (κ1) is 144. The Morgan fingerprint density at radius 2 is 0.442 bits per heavy atom. The summed E-state index contributed by atoms with van der Waals surface area (Å²) < 4.78 is 236. The van der Waals surface area contributed by atoms with Crippen LogP contribution < -0.4 is 63.7 Å². The number of aryl methyl sites for hydroxylation is 9. The van der Waals surface area contributed by atoms with Gasteiger partial charge in [-0.2, -0.15) is 79.0 Å². The fourth-order valence-electron chi connectivity index (χ4n) is 13.0. The second kappa shape index (κ2) is 68.5. The molecule has 12 aromatic carbocycles. The zero-order chi connectivity index (χ0) is 113. The van der Waals surface area contributed by atoms with Crippen molar-refractivity contribution in [2.24, 2.45) is 0 Å². The van der Waals surface area contributed by atoms with Crippen LogP contribution in [0.15, 0.2) is 218 Å². The van der Waals surface area contributed by atoms with Crippen molar-refractivity contribution in [1.29, 1.82) is 0 Å². The molecule has 48 heteroatoms. The molecule has 147 heavy (non-hydrogen) atoms. The number of benzene rings is 12. The Hall–Kier alpha value is -1.47. The van der Waals surface area contributed by atoms with Crippen LogP contribution in [0.1, 0.15) is 162 Å². The fraction of sp³-hybridized carbons (Fsp3) is 0.273. The molecule has 6 N–H and O–H groups in total. The zero-order valence-corrected chi connectivity index (χ0v) is 106. The maximum absolute atomic E-state index is 13.3. The SMILES string of the molecule is CC(C)(C)c1cc(Pc2ccccc2C(F)(F)F)c(O)c(C(C)(C)C)c1.Cc1cc(C(C)(C)C)cc(Pc2ccccc2C(F)(F)F)c1O.Cc1cc(C)c(O)c(Pc2c(C)cccc2C(F)(F)F)c1.Cc1ccc(O)c(Pc2c(C)cccc2C(F)(F)F)c1.Cc1cccc(C(F)(F)F)c1Pc1ccccc1O.Cc1cccc(Pc2c(C)cccc2C(F)(F)F)c1O.[Cl][Ti][Cl].[Cl][Ti][Cl].[Cl][Ti][Cl].[Cl][Ti][Cl].[Cl][Ti][Cl].[Cl][Ti][Cl]. The van der Waals surface area contributed by atoms with Gasteiger partial charge in [0, 0.05) is 37.4 Å². The molecule has 0 saturated carbocycles. The van der Waals surface area contributed by atoms with Gasteiger partial charge in [-0.3, -0.25) is 0 Å². The van der Waals surface area contributed by atoms with Crippen LogP contribution in [0.3, 0.4) is 0 Å². The summed E-state index contributed by atoms with van der Waals surface area (Å²) in [6, 6.07) is 55.3. The van der Waals surface area contributed by atoms with Crippen LogP contribution in [0.25, 0.3) is 0 Å². The molecule has 0 aliphatic carbocycles. The third-order valence-electron chi connectivity index (χ3n) is 20.0. The number of phenolic OH excluding ortho intramolecular Hbond substituents is 6. The molecule has 6 unspecified atom stereocenters. The molecule has 6 nitrogen and oxygen atoms in total. The molecule has 0 amide bonds. The first-order valence-electron chi connectivity index (χ1n) is 42.2. The first-order chi connectivity index (χ1) is 67.9. The average Bonchev–Trinajstić information content (AvgIpc) is 0.776. The van der Waals surface area contributed by atoms with E-state index in [-0.39, 0.29) is 134 Å². The molecule has 798 valence electrons. The van der Waals surface area contributed by atoms with Crippen LogP contribution in [0.2, 0.25) is 0 Å². The van der Waals surface area contributed by atoms with Gasteiger partial charge >= 0.3 is 251 Å². The maximum atomic E-state index is 13.3. The van der Waals surface area contributed by atoms with Crippen LogP contribution >= 0.6 is 163 Å². The number of hydrogen-bond donors (Lipinski definition) is 6. The van der Waals surface area contributed by atoms with Crippen molar-refractivity contribution in [2.75, 3.05) is 0 Å².